The molecule has 1 aliphatic carbocycles. The molecule has 1 aliphatic rings. The highest BCUT2D eigenvalue weighted by molar-refractivity contribution is 5.22. The molecule has 0 aromatic rings. The van der Waals surface area contributed by atoms with Gasteiger partial charge in [0.1, 0.15) is 0 Å². The van der Waals surface area contributed by atoms with E-state index in [4.69, 9.17) is 0 Å². The Morgan fingerprint density at radius 3 is 3.00 bits per heavy atom. The average molecular weight is 214 g/mol. The van der Waals surface area contributed by atoms with Crippen LogP contribution in [0, 0.1) is 5.92 Å². The van der Waals surface area contributed by atoms with Crippen molar-refractivity contribution in [2.75, 3.05) is 0 Å². The molecule has 0 saturated carbocycles. The first-order valence-corrected chi connectivity index (χ1v) is 6.03. The van der Waals surface area contributed by atoms with Crippen molar-refractivity contribution < 1.29 is 0 Å². The van der Waals surface area contributed by atoms with Crippen LogP contribution in [0.2, 0.25) is 0 Å². The smallest absolute Gasteiger partial charge is 0.0193 e. The maximum atomic E-state index is 3.68. The van der Waals surface area contributed by atoms with Gasteiger partial charge in [-0.2, -0.15) is 0 Å². The summed E-state index contributed by atoms with van der Waals surface area (Å²) in [6.07, 6.45) is 18.8. The minimum Gasteiger partial charge on any atom is -0.0991 e. The van der Waals surface area contributed by atoms with Gasteiger partial charge < -0.3 is 0 Å². The van der Waals surface area contributed by atoms with E-state index in [0.29, 0.717) is 0 Å². The lowest BCUT2D eigenvalue weighted by molar-refractivity contribution is 0.599. The van der Waals surface area contributed by atoms with E-state index in [1.807, 2.05) is 12.2 Å². The number of hydrogen-bond acceptors (Lipinski definition) is 0. The van der Waals surface area contributed by atoms with Crippen LogP contribution >= 0.6 is 0 Å². The SMILES string of the molecule is C=C/C=C(C)\C=C/CCC1C=CC(C)=CC1. The van der Waals surface area contributed by atoms with Crippen molar-refractivity contribution in [3.05, 3.63) is 60.3 Å². The highest BCUT2D eigenvalue weighted by Gasteiger charge is 2.05. The lowest BCUT2D eigenvalue weighted by Gasteiger charge is -2.13. The van der Waals surface area contributed by atoms with Crippen molar-refractivity contribution in [1.29, 1.82) is 0 Å². The summed E-state index contributed by atoms with van der Waals surface area (Å²) in [6, 6.07) is 0. The molecule has 0 saturated heterocycles. The van der Waals surface area contributed by atoms with Crippen LogP contribution in [0.5, 0.6) is 0 Å². The Labute approximate surface area is 99.8 Å². The highest BCUT2D eigenvalue weighted by Crippen LogP contribution is 2.20. The van der Waals surface area contributed by atoms with Gasteiger partial charge in [0, 0.05) is 0 Å². The van der Waals surface area contributed by atoms with Gasteiger partial charge in [-0.3, -0.25) is 0 Å². The van der Waals surface area contributed by atoms with E-state index in [0.717, 1.165) is 12.3 Å². The van der Waals surface area contributed by atoms with Gasteiger partial charge in [-0.1, -0.05) is 60.3 Å². The molecule has 0 bridgehead atoms. The summed E-state index contributed by atoms with van der Waals surface area (Å²) >= 11 is 0. The Balaban J connectivity index is 2.24. The average Bonchev–Trinajstić information content (AvgIpc) is 2.27. The molecule has 0 heteroatoms. The van der Waals surface area contributed by atoms with Crippen LogP contribution in [0.1, 0.15) is 33.1 Å². The van der Waals surface area contributed by atoms with Crippen molar-refractivity contribution >= 4 is 0 Å². The first-order valence-electron chi connectivity index (χ1n) is 6.03. The van der Waals surface area contributed by atoms with Gasteiger partial charge in [-0.15, -0.1) is 0 Å². The zero-order valence-electron chi connectivity index (χ0n) is 10.4. The van der Waals surface area contributed by atoms with Crippen LogP contribution in [0.15, 0.2) is 60.3 Å². The van der Waals surface area contributed by atoms with Gasteiger partial charge in [0.05, 0.1) is 0 Å². The Morgan fingerprint density at radius 2 is 2.38 bits per heavy atom. The quantitative estimate of drug-likeness (QED) is 0.566. The van der Waals surface area contributed by atoms with Gasteiger partial charge >= 0.3 is 0 Å². The van der Waals surface area contributed by atoms with Crippen LogP contribution in [0.4, 0.5) is 0 Å². The summed E-state index contributed by atoms with van der Waals surface area (Å²) in [4.78, 5) is 0. The summed E-state index contributed by atoms with van der Waals surface area (Å²) in [7, 11) is 0. The summed E-state index contributed by atoms with van der Waals surface area (Å²) in [5, 5.41) is 0. The lowest BCUT2D eigenvalue weighted by Crippen LogP contribution is -1.98. The van der Waals surface area contributed by atoms with E-state index in [1.54, 1.807) is 0 Å². The number of rotatable bonds is 5. The molecule has 0 amide bonds. The standard InChI is InChI=1S/C16H22/c1-4-7-14(2)8-5-6-9-16-12-10-15(3)11-13-16/h4-5,7-8,10-12,16H,1,6,9,13H2,2-3H3/b8-5-,14-7-. The normalized spacial score (nSPS) is 21.2. The van der Waals surface area contributed by atoms with Gasteiger partial charge in [0.25, 0.3) is 0 Å². The van der Waals surface area contributed by atoms with Crippen molar-refractivity contribution in [2.24, 2.45) is 5.92 Å². The molecule has 0 N–H and O–H groups in total. The summed E-state index contributed by atoms with van der Waals surface area (Å²) in [5.41, 5.74) is 2.67. The molecule has 16 heavy (non-hydrogen) atoms. The molecular formula is C16H22. The van der Waals surface area contributed by atoms with E-state index < -0.39 is 0 Å². The molecule has 0 fully saturated rings. The number of hydrogen-bond donors (Lipinski definition) is 0. The Bertz CT molecular complexity index is 337. The zero-order valence-corrected chi connectivity index (χ0v) is 10.4. The van der Waals surface area contributed by atoms with Gasteiger partial charge in [0.15, 0.2) is 0 Å². The molecule has 0 radical (unpaired) electrons. The summed E-state index contributed by atoms with van der Waals surface area (Å²) < 4.78 is 0. The summed E-state index contributed by atoms with van der Waals surface area (Å²) in [6.45, 7) is 7.95. The Morgan fingerprint density at radius 1 is 1.56 bits per heavy atom. The van der Waals surface area contributed by atoms with E-state index in [9.17, 15) is 0 Å². The lowest BCUT2D eigenvalue weighted by atomic mass is 9.93. The molecule has 0 aromatic heterocycles. The molecule has 86 valence electrons. The Kier molecular flexibility index (Phi) is 5.63. The molecule has 0 heterocycles. The molecular weight excluding hydrogens is 192 g/mol. The van der Waals surface area contributed by atoms with Crippen molar-refractivity contribution in [2.45, 2.75) is 33.1 Å². The fourth-order valence-corrected chi connectivity index (χ4v) is 1.81. The number of allylic oxidation sites excluding steroid dienone is 9. The molecule has 0 aromatic carbocycles. The second kappa shape index (κ2) is 7.05. The third-order valence-corrected chi connectivity index (χ3v) is 2.84. The van der Waals surface area contributed by atoms with Gasteiger partial charge in [-0.25, -0.2) is 0 Å². The first kappa shape index (κ1) is 12.8. The minimum absolute atomic E-state index is 0.733. The zero-order chi connectivity index (χ0) is 11.8. The van der Waals surface area contributed by atoms with Crippen LogP contribution in [0.3, 0.4) is 0 Å². The second-order valence-electron chi connectivity index (χ2n) is 4.43. The van der Waals surface area contributed by atoms with Crippen molar-refractivity contribution in [1.82, 2.24) is 0 Å². The highest BCUT2D eigenvalue weighted by atomic mass is 14.1. The topological polar surface area (TPSA) is 0 Å². The molecule has 1 unspecified atom stereocenters. The molecule has 1 rings (SSSR count). The van der Waals surface area contributed by atoms with Gasteiger partial charge in [0.2, 0.25) is 0 Å². The van der Waals surface area contributed by atoms with E-state index in [2.05, 4.69) is 50.8 Å². The van der Waals surface area contributed by atoms with Crippen molar-refractivity contribution in [3.8, 4) is 0 Å². The van der Waals surface area contributed by atoms with Crippen LogP contribution < -0.4 is 0 Å². The largest absolute Gasteiger partial charge is 0.0991 e. The monoisotopic (exact) mass is 214 g/mol. The van der Waals surface area contributed by atoms with E-state index in [-0.39, 0.29) is 0 Å². The fourth-order valence-electron chi connectivity index (χ4n) is 1.81. The minimum atomic E-state index is 0.733. The van der Waals surface area contributed by atoms with Gasteiger partial charge in [-0.05, 0) is 39.0 Å². The predicted molar refractivity (Wildman–Crippen MR) is 73.3 cm³/mol. The first-order chi connectivity index (χ1) is 7.72. The molecule has 0 aliphatic heterocycles. The molecule has 0 nitrogen and oxygen atoms in total. The summed E-state index contributed by atoms with van der Waals surface area (Å²) in [5.74, 6) is 0.733. The predicted octanol–water partition coefficient (Wildman–Crippen LogP) is 4.98. The van der Waals surface area contributed by atoms with Crippen LogP contribution in [-0.2, 0) is 0 Å². The fraction of sp³-hybridized carbons (Fsp3) is 0.375. The van der Waals surface area contributed by atoms with E-state index >= 15 is 0 Å². The molecule has 0 spiro atoms. The van der Waals surface area contributed by atoms with E-state index in [1.165, 1.54) is 24.0 Å². The maximum absolute atomic E-state index is 3.68. The maximum Gasteiger partial charge on any atom is -0.0193 e. The third-order valence-electron chi connectivity index (χ3n) is 2.84. The third kappa shape index (κ3) is 4.97. The Hall–Kier alpha value is -1.30. The second-order valence-corrected chi connectivity index (χ2v) is 4.43. The van der Waals surface area contributed by atoms with Crippen LogP contribution in [0.25, 0.3) is 0 Å². The molecule has 1 atom stereocenters. The van der Waals surface area contributed by atoms with Crippen LogP contribution in [-0.4, -0.2) is 0 Å². The van der Waals surface area contributed by atoms with Crippen molar-refractivity contribution in [3.63, 3.8) is 0 Å².